The summed E-state index contributed by atoms with van der Waals surface area (Å²) >= 11 is 1.48. The van der Waals surface area contributed by atoms with Gasteiger partial charge in [0, 0.05) is 17.6 Å². The average Bonchev–Trinajstić information content (AvgIpc) is 2.47. The second-order valence-electron chi connectivity index (χ2n) is 4.06. The third-order valence-corrected chi connectivity index (χ3v) is 3.67. The lowest BCUT2D eigenvalue weighted by Crippen LogP contribution is -2.09. The number of benzene rings is 2. The molecule has 0 N–H and O–H groups in total. The molecule has 20 heavy (non-hydrogen) atoms. The lowest BCUT2D eigenvalue weighted by atomic mass is 10.2. The van der Waals surface area contributed by atoms with Crippen molar-refractivity contribution in [2.24, 2.45) is 0 Å². The Labute approximate surface area is 121 Å². The fraction of sp³-hybridized carbons (Fsp3) is 0.133. The molecule has 0 unspecified atom stereocenters. The fourth-order valence-electron chi connectivity index (χ4n) is 1.67. The van der Waals surface area contributed by atoms with Gasteiger partial charge in [-0.15, -0.1) is 0 Å². The molecule has 0 amide bonds. The summed E-state index contributed by atoms with van der Waals surface area (Å²) in [5.74, 6) is -1.26. The largest absolute Gasteiger partial charge is 0.465 e. The summed E-state index contributed by atoms with van der Waals surface area (Å²) in [7, 11) is 3.07. The predicted octanol–water partition coefficient (Wildman–Crippen LogP) is 3.76. The van der Waals surface area contributed by atoms with Gasteiger partial charge >= 0.3 is 5.97 Å². The quantitative estimate of drug-likeness (QED) is 0.634. The molecule has 0 aliphatic carbocycles. The molecule has 2 aromatic carbocycles. The van der Waals surface area contributed by atoms with Gasteiger partial charge in [0.2, 0.25) is 0 Å². The van der Waals surface area contributed by atoms with Gasteiger partial charge in [0.05, 0.1) is 12.7 Å². The van der Waals surface area contributed by atoms with E-state index < -0.39 is 11.8 Å². The van der Waals surface area contributed by atoms with Crippen molar-refractivity contribution in [2.75, 3.05) is 18.5 Å². The molecular weight excluding hydrogens is 277 g/mol. The monoisotopic (exact) mass is 291 g/mol. The fourth-order valence-corrected chi connectivity index (χ4v) is 2.48. The Morgan fingerprint density at radius 2 is 1.90 bits per heavy atom. The van der Waals surface area contributed by atoms with Crippen LogP contribution in [0.1, 0.15) is 10.4 Å². The van der Waals surface area contributed by atoms with Gasteiger partial charge in [-0.2, -0.15) is 0 Å². The summed E-state index contributed by atoms with van der Waals surface area (Å²) in [5.41, 5.74) is 0.610. The summed E-state index contributed by atoms with van der Waals surface area (Å²) in [6.07, 6.45) is 0. The van der Waals surface area contributed by atoms with Crippen molar-refractivity contribution in [2.45, 2.75) is 4.90 Å². The van der Waals surface area contributed by atoms with Gasteiger partial charge in [0.25, 0.3) is 0 Å². The third kappa shape index (κ3) is 3.30. The number of methoxy groups -OCH3 is 1. The maximum Gasteiger partial charge on any atom is 0.340 e. The molecule has 0 fully saturated rings. The van der Waals surface area contributed by atoms with Crippen molar-refractivity contribution in [3.63, 3.8) is 0 Å². The standard InChI is InChI=1S/C15H14FNO2S/c1-17(20-12-6-4-3-5-7-12)11-8-9-13(14(16)10-11)15(18)19-2/h3-10H,1-2H3. The lowest BCUT2D eigenvalue weighted by molar-refractivity contribution is 0.0595. The zero-order valence-corrected chi connectivity index (χ0v) is 12.0. The molecule has 5 heteroatoms. The number of carbonyl (C=O) groups is 1. The summed E-state index contributed by atoms with van der Waals surface area (Å²) < 4.78 is 20.2. The SMILES string of the molecule is COC(=O)c1ccc(N(C)Sc2ccccc2)cc1F. The number of carbonyl (C=O) groups excluding carboxylic acids is 1. The summed E-state index contributed by atoms with van der Waals surface area (Å²) in [6, 6.07) is 14.2. The van der Waals surface area contributed by atoms with Crippen molar-refractivity contribution in [3.05, 3.63) is 59.9 Å². The highest BCUT2D eigenvalue weighted by Crippen LogP contribution is 2.28. The Hall–Kier alpha value is -2.01. The number of hydrogen-bond donors (Lipinski definition) is 0. The van der Waals surface area contributed by atoms with Crippen LogP contribution in [0.2, 0.25) is 0 Å². The summed E-state index contributed by atoms with van der Waals surface area (Å²) in [5, 5.41) is 0. The van der Waals surface area contributed by atoms with E-state index in [0.29, 0.717) is 5.69 Å². The van der Waals surface area contributed by atoms with Crippen LogP contribution >= 0.6 is 11.9 Å². The average molecular weight is 291 g/mol. The van der Waals surface area contributed by atoms with Crippen molar-refractivity contribution >= 4 is 23.6 Å². The Morgan fingerprint density at radius 3 is 2.50 bits per heavy atom. The molecule has 0 heterocycles. The molecule has 0 saturated heterocycles. The topological polar surface area (TPSA) is 29.5 Å². The molecule has 0 atom stereocenters. The molecule has 2 aromatic rings. The molecule has 0 aromatic heterocycles. The molecule has 0 aliphatic heterocycles. The van der Waals surface area contributed by atoms with Gasteiger partial charge < -0.3 is 9.04 Å². The molecule has 3 nitrogen and oxygen atoms in total. The highest BCUT2D eigenvalue weighted by molar-refractivity contribution is 8.00. The van der Waals surface area contributed by atoms with Crippen molar-refractivity contribution in [1.82, 2.24) is 0 Å². The van der Waals surface area contributed by atoms with Gasteiger partial charge in [0.15, 0.2) is 0 Å². The maximum atomic E-state index is 13.8. The van der Waals surface area contributed by atoms with Crippen molar-refractivity contribution in [3.8, 4) is 0 Å². The molecular formula is C15H14FNO2S. The second-order valence-corrected chi connectivity index (χ2v) is 5.26. The zero-order valence-electron chi connectivity index (χ0n) is 11.2. The molecule has 104 valence electrons. The maximum absolute atomic E-state index is 13.8. The second kappa shape index (κ2) is 6.43. The number of hydrogen-bond acceptors (Lipinski definition) is 4. The first kappa shape index (κ1) is 14.4. The Balaban J connectivity index is 2.17. The highest BCUT2D eigenvalue weighted by atomic mass is 32.2. The van der Waals surface area contributed by atoms with E-state index in [0.717, 1.165) is 4.90 Å². The number of nitrogens with zero attached hydrogens (tertiary/aromatic N) is 1. The van der Waals surface area contributed by atoms with E-state index in [1.807, 2.05) is 41.7 Å². The van der Waals surface area contributed by atoms with Gasteiger partial charge in [-0.05, 0) is 42.3 Å². The molecule has 0 saturated carbocycles. The van der Waals surface area contributed by atoms with Gasteiger partial charge in [-0.1, -0.05) is 18.2 Å². The molecule has 0 aliphatic rings. The van der Waals surface area contributed by atoms with Crippen LogP contribution in [0.4, 0.5) is 10.1 Å². The van der Waals surface area contributed by atoms with E-state index in [4.69, 9.17) is 0 Å². The summed E-state index contributed by atoms with van der Waals surface area (Å²) in [6.45, 7) is 0. The Kier molecular flexibility index (Phi) is 4.63. The number of ether oxygens (including phenoxy) is 1. The first-order chi connectivity index (χ1) is 9.61. The van der Waals surface area contributed by atoms with Crippen LogP contribution in [-0.4, -0.2) is 20.1 Å². The van der Waals surface area contributed by atoms with Crippen LogP contribution in [-0.2, 0) is 4.74 Å². The normalized spacial score (nSPS) is 10.2. The van der Waals surface area contributed by atoms with Crippen molar-refractivity contribution < 1.29 is 13.9 Å². The van der Waals surface area contributed by atoms with Crippen LogP contribution < -0.4 is 4.31 Å². The van der Waals surface area contributed by atoms with Gasteiger partial charge in [-0.3, -0.25) is 0 Å². The zero-order chi connectivity index (χ0) is 14.5. The Bertz CT molecular complexity index is 604. The molecule has 2 rings (SSSR count). The molecule has 0 spiro atoms. The first-order valence-corrected chi connectivity index (χ1v) is 6.74. The van der Waals surface area contributed by atoms with Crippen LogP contribution in [0.5, 0.6) is 0 Å². The van der Waals surface area contributed by atoms with Crippen LogP contribution in [0.3, 0.4) is 0 Å². The van der Waals surface area contributed by atoms with Gasteiger partial charge in [0.1, 0.15) is 5.82 Å². The Morgan fingerprint density at radius 1 is 1.20 bits per heavy atom. The van der Waals surface area contributed by atoms with E-state index in [1.165, 1.54) is 31.2 Å². The molecule has 0 radical (unpaired) electrons. The van der Waals surface area contributed by atoms with E-state index in [2.05, 4.69) is 4.74 Å². The predicted molar refractivity (Wildman–Crippen MR) is 78.4 cm³/mol. The minimum Gasteiger partial charge on any atom is -0.465 e. The smallest absolute Gasteiger partial charge is 0.340 e. The number of rotatable bonds is 4. The van der Waals surface area contributed by atoms with E-state index in [1.54, 1.807) is 6.07 Å². The van der Waals surface area contributed by atoms with E-state index >= 15 is 0 Å². The molecule has 0 bridgehead atoms. The van der Waals surface area contributed by atoms with Crippen molar-refractivity contribution in [1.29, 1.82) is 0 Å². The van der Waals surface area contributed by atoms with Crippen LogP contribution in [0.15, 0.2) is 53.4 Å². The van der Waals surface area contributed by atoms with E-state index in [-0.39, 0.29) is 5.56 Å². The van der Waals surface area contributed by atoms with E-state index in [9.17, 15) is 9.18 Å². The minimum absolute atomic E-state index is 0.0608. The lowest BCUT2D eigenvalue weighted by Gasteiger charge is -2.18. The first-order valence-electron chi connectivity index (χ1n) is 5.96. The van der Waals surface area contributed by atoms with Gasteiger partial charge in [-0.25, -0.2) is 9.18 Å². The summed E-state index contributed by atoms with van der Waals surface area (Å²) in [4.78, 5) is 12.4. The highest BCUT2D eigenvalue weighted by Gasteiger charge is 2.14. The minimum atomic E-state index is -0.674. The van der Waals surface area contributed by atoms with Crippen LogP contribution in [0.25, 0.3) is 0 Å². The number of esters is 1. The number of anilines is 1. The number of halogens is 1. The van der Waals surface area contributed by atoms with Crippen LogP contribution in [0, 0.1) is 5.82 Å². The third-order valence-electron chi connectivity index (χ3n) is 2.71.